The van der Waals surface area contributed by atoms with Gasteiger partial charge in [-0.25, -0.2) is 9.37 Å². The topological polar surface area (TPSA) is 46.0 Å². The lowest BCUT2D eigenvalue weighted by Crippen LogP contribution is -2.25. The van der Waals surface area contributed by atoms with Gasteiger partial charge in [0.1, 0.15) is 11.6 Å². The first-order valence-corrected chi connectivity index (χ1v) is 12.6. The van der Waals surface area contributed by atoms with E-state index in [1.165, 1.54) is 23.3 Å². The molecule has 1 aliphatic rings. The molecule has 2 aromatic carbocycles. The molecule has 0 aliphatic heterocycles. The van der Waals surface area contributed by atoms with E-state index in [-0.39, 0.29) is 17.0 Å². The van der Waals surface area contributed by atoms with Crippen LogP contribution in [-0.4, -0.2) is 15.1 Å². The van der Waals surface area contributed by atoms with Gasteiger partial charge < -0.3 is 5.11 Å². The van der Waals surface area contributed by atoms with Gasteiger partial charge in [0, 0.05) is 28.3 Å². The highest BCUT2D eigenvalue weighted by Crippen LogP contribution is 2.56. The van der Waals surface area contributed by atoms with Crippen molar-refractivity contribution in [2.45, 2.75) is 57.8 Å². The fourth-order valence-corrected chi connectivity index (χ4v) is 5.57. The number of hydrogen-bond donors (Lipinski definition) is 1. The summed E-state index contributed by atoms with van der Waals surface area (Å²) < 4.78 is 14.7. The molecule has 0 bridgehead atoms. The van der Waals surface area contributed by atoms with Crippen molar-refractivity contribution < 1.29 is 9.50 Å². The Morgan fingerprint density at radius 2 is 1.54 bits per heavy atom. The first-order valence-electron chi connectivity index (χ1n) is 12.6. The van der Waals surface area contributed by atoms with Crippen LogP contribution in [0, 0.1) is 5.82 Å². The van der Waals surface area contributed by atoms with E-state index in [1.807, 2.05) is 36.4 Å². The zero-order valence-electron chi connectivity index (χ0n) is 20.4. The van der Waals surface area contributed by atoms with Gasteiger partial charge in [-0.2, -0.15) is 0 Å². The van der Waals surface area contributed by atoms with Crippen LogP contribution >= 0.6 is 0 Å². The summed E-state index contributed by atoms with van der Waals surface area (Å²) in [4.78, 5) is 9.45. The maximum absolute atomic E-state index is 14.7. The molecule has 2 heterocycles. The van der Waals surface area contributed by atoms with E-state index in [1.54, 1.807) is 12.3 Å². The Morgan fingerprint density at radius 3 is 2.23 bits per heavy atom. The highest BCUT2D eigenvalue weighted by atomic mass is 19.1. The van der Waals surface area contributed by atoms with Crippen molar-refractivity contribution in [2.24, 2.45) is 0 Å². The van der Waals surface area contributed by atoms with Crippen molar-refractivity contribution in [1.29, 1.82) is 0 Å². The number of aromatic hydroxyl groups is 1. The van der Waals surface area contributed by atoms with Gasteiger partial charge in [-0.15, -0.1) is 0 Å². The van der Waals surface area contributed by atoms with Crippen LogP contribution in [0.3, 0.4) is 0 Å². The van der Waals surface area contributed by atoms with Crippen molar-refractivity contribution in [1.82, 2.24) is 9.97 Å². The summed E-state index contributed by atoms with van der Waals surface area (Å²) in [5.41, 5.74) is 6.68. The molecule has 2 aromatic heterocycles. The van der Waals surface area contributed by atoms with Crippen LogP contribution in [0.4, 0.5) is 4.39 Å². The number of fused-ring (bicyclic) bond motifs is 3. The second kappa shape index (κ2) is 9.61. The number of nitrogens with zero attached hydrogens (tertiary/aromatic N) is 2. The Bertz CT molecular complexity index is 1340. The summed E-state index contributed by atoms with van der Waals surface area (Å²) in [5.74, 6) is -0.0642. The molecule has 0 saturated carbocycles. The van der Waals surface area contributed by atoms with Crippen molar-refractivity contribution in [3.8, 4) is 39.5 Å². The highest BCUT2D eigenvalue weighted by molar-refractivity contribution is 5.84. The minimum absolute atomic E-state index is 0.151. The van der Waals surface area contributed by atoms with Gasteiger partial charge in [0.15, 0.2) is 0 Å². The number of benzene rings is 2. The average Bonchev–Trinajstić information content (AvgIpc) is 3.16. The van der Waals surface area contributed by atoms with Crippen LogP contribution in [0.1, 0.15) is 63.5 Å². The van der Waals surface area contributed by atoms with Gasteiger partial charge in [0.05, 0.1) is 17.1 Å². The fraction of sp³-hybridized carbons (Fsp3) is 0.290. The molecule has 0 amide bonds. The summed E-state index contributed by atoms with van der Waals surface area (Å²) in [6.07, 6.45) is 8.20. The molecule has 0 atom stereocenters. The zero-order valence-corrected chi connectivity index (χ0v) is 20.4. The molecule has 4 heteroatoms. The molecular weight excluding hydrogens is 435 g/mol. The van der Waals surface area contributed by atoms with Crippen LogP contribution in [0.15, 0.2) is 72.9 Å². The number of aromatic nitrogens is 2. The molecule has 3 nitrogen and oxygen atoms in total. The smallest absolute Gasteiger partial charge is 0.125 e. The lowest BCUT2D eigenvalue weighted by atomic mass is 9.71. The van der Waals surface area contributed by atoms with E-state index in [2.05, 4.69) is 31.0 Å². The molecule has 178 valence electrons. The first-order chi connectivity index (χ1) is 17.1. The van der Waals surface area contributed by atoms with Crippen LogP contribution in [0.2, 0.25) is 0 Å². The average molecular weight is 467 g/mol. The number of pyridine rings is 2. The van der Waals surface area contributed by atoms with E-state index in [9.17, 15) is 9.50 Å². The quantitative estimate of drug-likeness (QED) is 0.284. The lowest BCUT2D eigenvalue weighted by Gasteiger charge is -2.32. The van der Waals surface area contributed by atoms with Crippen molar-refractivity contribution in [2.75, 3.05) is 0 Å². The van der Waals surface area contributed by atoms with Crippen LogP contribution in [0.25, 0.3) is 33.8 Å². The predicted octanol–water partition coefficient (Wildman–Crippen LogP) is 8.30. The van der Waals surface area contributed by atoms with E-state index in [0.717, 1.165) is 55.5 Å². The summed E-state index contributed by atoms with van der Waals surface area (Å²) in [6.45, 7) is 4.44. The van der Waals surface area contributed by atoms with Crippen LogP contribution < -0.4 is 0 Å². The SMILES string of the molecule is CCCCC1(CCCC)c2ccc(-c3cc(F)cc(-c4ccccn4)c3)nc2-c2c(O)cccc21. The number of halogens is 1. The summed E-state index contributed by atoms with van der Waals surface area (Å²) >= 11 is 0. The van der Waals surface area contributed by atoms with Gasteiger partial charge in [-0.3, -0.25) is 4.98 Å². The Labute approximate surface area is 206 Å². The Hall–Kier alpha value is -3.53. The second-order valence-corrected chi connectivity index (χ2v) is 9.53. The van der Waals surface area contributed by atoms with Gasteiger partial charge in [-0.05, 0) is 66.4 Å². The van der Waals surface area contributed by atoms with Crippen LogP contribution in [0.5, 0.6) is 5.75 Å². The van der Waals surface area contributed by atoms with Crippen LogP contribution in [-0.2, 0) is 5.41 Å². The number of phenolic OH excluding ortho intramolecular Hbond substituents is 1. The maximum Gasteiger partial charge on any atom is 0.125 e. The second-order valence-electron chi connectivity index (χ2n) is 9.53. The summed E-state index contributed by atoms with van der Waals surface area (Å²) in [6, 6.07) is 20.6. The molecule has 5 rings (SSSR count). The normalized spacial score (nSPS) is 13.5. The fourth-order valence-electron chi connectivity index (χ4n) is 5.57. The zero-order chi connectivity index (χ0) is 24.4. The van der Waals surface area contributed by atoms with E-state index >= 15 is 0 Å². The molecule has 35 heavy (non-hydrogen) atoms. The monoisotopic (exact) mass is 466 g/mol. The van der Waals surface area contributed by atoms with Crippen molar-refractivity contribution >= 4 is 0 Å². The van der Waals surface area contributed by atoms with E-state index in [4.69, 9.17) is 4.98 Å². The number of rotatable bonds is 8. The molecule has 0 unspecified atom stereocenters. The van der Waals surface area contributed by atoms with E-state index in [0.29, 0.717) is 16.8 Å². The third kappa shape index (κ3) is 4.12. The molecule has 0 fully saturated rings. The molecule has 0 radical (unpaired) electrons. The molecule has 1 N–H and O–H groups in total. The molecule has 0 spiro atoms. The van der Waals surface area contributed by atoms with Gasteiger partial charge in [-0.1, -0.05) is 63.8 Å². The van der Waals surface area contributed by atoms with Crippen molar-refractivity contribution in [3.05, 3.63) is 89.9 Å². The summed E-state index contributed by atoms with van der Waals surface area (Å²) in [5, 5.41) is 11.0. The Morgan fingerprint density at radius 1 is 0.800 bits per heavy atom. The summed E-state index contributed by atoms with van der Waals surface area (Å²) in [7, 11) is 0. The predicted molar refractivity (Wildman–Crippen MR) is 140 cm³/mol. The third-order valence-electron chi connectivity index (χ3n) is 7.27. The largest absolute Gasteiger partial charge is 0.507 e. The van der Waals surface area contributed by atoms with Crippen molar-refractivity contribution in [3.63, 3.8) is 0 Å². The standard InChI is InChI=1S/C31H31FN2O/c1-3-5-15-31(16-6-4-2)24-10-9-12-28(35)29(24)30-25(31)13-14-27(34-30)22-18-21(19-23(32)20-22)26-11-7-8-17-33-26/h7-14,17-20,35H,3-6,15-16H2,1-2H3. The lowest BCUT2D eigenvalue weighted by molar-refractivity contribution is 0.412. The molecular formula is C31H31FN2O. The Balaban J connectivity index is 1.68. The molecule has 4 aromatic rings. The maximum atomic E-state index is 14.7. The minimum Gasteiger partial charge on any atom is -0.507 e. The number of phenols is 1. The third-order valence-corrected chi connectivity index (χ3v) is 7.27. The van der Waals surface area contributed by atoms with Gasteiger partial charge in [0.25, 0.3) is 0 Å². The van der Waals surface area contributed by atoms with E-state index < -0.39 is 0 Å². The first kappa shape index (κ1) is 23.2. The van der Waals surface area contributed by atoms with Gasteiger partial charge in [0.2, 0.25) is 0 Å². The highest BCUT2D eigenvalue weighted by Gasteiger charge is 2.44. The number of hydrogen-bond acceptors (Lipinski definition) is 3. The van der Waals surface area contributed by atoms with Gasteiger partial charge >= 0.3 is 0 Å². The minimum atomic E-state index is -0.325. The molecule has 1 aliphatic carbocycles. The Kier molecular flexibility index (Phi) is 6.38. The molecule has 0 saturated heterocycles. The number of unbranched alkanes of at least 4 members (excludes halogenated alkanes) is 2.